The van der Waals surface area contributed by atoms with Crippen molar-refractivity contribution in [1.29, 1.82) is 0 Å². The number of hydrogen-bond donors (Lipinski definition) is 1. The van der Waals surface area contributed by atoms with Crippen LogP contribution in [0.1, 0.15) is 0 Å². The fraction of sp³-hybridized carbons (Fsp3) is 0. The summed E-state index contributed by atoms with van der Waals surface area (Å²) in [4.78, 5) is 2.43. The van der Waals surface area contributed by atoms with E-state index in [0.717, 1.165) is 0 Å². The second-order valence-corrected chi connectivity index (χ2v) is 0.914. The van der Waals surface area contributed by atoms with Gasteiger partial charge in [0.25, 0.3) is 0 Å². The number of nitrogens with zero attached hydrogens (tertiary/aromatic N) is 6. The van der Waals surface area contributed by atoms with E-state index in [9.17, 15) is 0 Å². The summed E-state index contributed by atoms with van der Waals surface area (Å²) in [6.07, 6.45) is 0. The second-order valence-electron chi connectivity index (χ2n) is 0.914. The van der Waals surface area contributed by atoms with Crippen LogP contribution in [0.2, 0.25) is 0 Å². The summed E-state index contributed by atoms with van der Waals surface area (Å²) >= 11 is 0. The first kappa shape index (κ1) is 8.38. The molecule has 0 spiro atoms. The molecule has 1 N–H and O–H groups in total. The fourth-order valence-corrected chi connectivity index (χ4v) is 0.239. The van der Waals surface area contributed by atoms with Crippen LogP contribution in [0.25, 0.3) is 10.4 Å². The van der Waals surface area contributed by atoms with Crippen molar-refractivity contribution in [2.24, 2.45) is 5.11 Å². The van der Waals surface area contributed by atoms with Crippen molar-refractivity contribution in [3.8, 4) is 0 Å². The summed E-state index contributed by atoms with van der Waals surface area (Å²) in [6, 6.07) is 0. The summed E-state index contributed by atoms with van der Waals surface area (Å²) in [7, 11) is 0. The number of nitrogens with one attached hydrogen (secondary N) is 1. The van der Waals surface area contributed by atoms with Crippen molar-refractivity contribution >= 4 is 35.5 Å². The summed E-state index contributed by atoms with van der Waals surface area (Å²) in [6.45, 7) is 0. The predicted octanol–water partition coefficient (Wildman–Crippen LogP) is -0.507. The number of rotatable bonds is 1. The van der Waals surface area contributed by atoms with Crippen molar-refractivity contribution in [2.45, 2.75) is 0 Å². The van der Waals surface area contributed by atoms with Crippen LogP contribution in [0.4, 0.5) is 5.95 Å². The van der Waals surface area contributed by atoms with Crippen LogP contribution in [0.15, 0.2) is 5.11 Å². The maximum absolute atomic E-state index is 7.78. The zero-order valence-electron chi connectivity index (χ0n) is 3.68. The molecule has 0 atom stereocenters. The quantitative estimate of drug-likeness (QED) is 0.242. The molecule has 8 heteroatoms. The van der Waals surface area contributed by atoms with Crippen molar-refractivity contribution in [3.05, 3.63) is 10.4 Å². The van der Waals surface area contributed by atoms with Crippen LogP contribution in [-0.4, -0.2) is 50.2 Å². The number of azide groups is 1. The van der Waals surface area contributed by atoms with Crippen molar-refractivity contribution in [2.75, 3.05) is 0 Å². The van der Waals surface area contributed by atoms with Gasteiger partial charge in [-0.25, -0.2) is 5.10 Å². The molecular weight excluding hydrogens is 133 g/mol. The molecule has 0 saturated carbocycles. The number of aromatic nitrogens is 4. The Labute approximate surface area is 71.8 Å². The monoisotopic (exact) mass is 135 g/mol. The van der Waals surface area contributed by atoms with E-state index >= 15 is 0 Å². The Bertz CT molecular complexity index is 195. The summed E-state index contributed by atoms with van der Waals surface area (Å²) in [5.41, 5.74) is 7.78. The molecule has 0 unspecified atom stereocenters. The van der Waals surface area contributed by atoms with E-state index in [-0.39, 0.29) is 35.5 Å². The van der Waals surface area contributed by atoms with Crippen LogP contribution in [-0.2, 0) is 0 Å². The van der Waals surface area contributed by atoms with Crippen LogP contribution >= 0.6 is 0 Å². The molecule has 0 saturated heterocycles. The van der Waals surface area contributed by atoms with Gasteiger partial charge in [-0.2, -0.15) is 0 Å². The van der Waals surface area contributed by atoms with E-state index in [1.54, 1.807) is 0 Å². The molecule has 1 rings (SSSR count). The molecule has 0 aliphatic rings. The minimum atomic E-state index is 0. The second kappa shape index (κ2) is 4.28. The third-order valence-electron chi connectivity index (χ3n) is 0.474. The van der Waals surface area contributed by atoms with Gasteiger partial charge in [-0.3, -0.25) is 0 Å². The maximum atomic E-state index is 7.78. The molecule has 42 valence electrons. The van der Waals surface area contributed by atoms with E-state index in [0.29, 0.717) is 0 Å². The van der Waals surface area contributed by atoms with E-state index in [1.807, 2.05) is 0 Å². The van der Waals surface area contributed by atoms with E-state index < -0.39 is 0 Å². The van der Waals surface area contributed by atoms with Crippen molar-refractivity contribution in [3.63, 3.8) is 0 Å². The Balaban J connectivity index is 0.000000640. The first-order valence-corrected chi connectivity index (χ1v) is 1.72. The zero-order valence-corrected chi connectivity index (χ0v) is 3.68. The van der Waals surface area contributed by atoms with Crippen LogP contribution < -0.4 is 0 Å². The van der Waals surface area contributed by atoms with Gasteiger partial charge in [0, 0.05) is 4.91 Å². The number of hydrogen-bond acceptors (Lipinski definition) is 4. The molecular formula is CH2N7Na. The van der Waals surface area contributed by atoms with Gasteiger partial charge in [-0.1, -0.05) is 0 Å². The molecule has 0 radical (unpaired) electrons. The summed E-state index contributed by atoms with van der Waals surface area (Å²) in [5, 5.41) is 14.9. The Kier molecular flexibility index (Phi) is 3.98. The molecule has 1 heterocycles. The van der Waals surface area contributed by atoms with E-state index in [2.05, 4.69) is 30.7 Å². The van der Waals surface area contributed by atoms with E-state index in [4.69, 9.17) is 5.53 Å². The Morgan fingerprint density at radius 1 is 1.67 bits per heavy atom. The average Bonchev–Trinajstić information content (AvgIpc) is 2.19. The molecule has 9 heavy (non-hydrogen) atoms. The number of H-pyrrole nitrogens is 1. The SMILES string of the molecule is [N-]=[N+]=Nc1nnn[nH]1.[NaH]. The molecule has 0 aromatic carbocycles. The normalized spacial score (nSPS) is 7.11. The molecule has 0 aliphatic carbocycles. The van der Waals surface area contributed by atoms with Gasteiger partial charge in [-0.15, -0.1) is 5.10 Å². The molecule has 7 nitrogen and oxygen atoms in total. The standard InChI is InChI=1S/CHN7.Na.H/c2-6-3-1-4-7-8-5-1;;/h(H,4,5,7,8);;. The molecule has 1 aromatic heterocycles. The molecule has 0 bridgehead atoms. The van der Waals surface area contributed by atoms with Gasteiger partial charge in [0.15, 0.2) is 0 Å². The van der Waals surface area contributed by atoms with Crippen LogP contribution in [0.3, 0.4) is 0 Å². The molecule has 0 amide bonds. The van der Waals surface area contributed by atoms with Crippen molar-refractivity contribution in [1.82, 2.24) is 20.6 Å². The topological polar surface area (TPSA) is 103 Å². The average molecular weight is 135 g/mol. The number of tetrazole rings is 1. The third-order valence-corrected chi connectivity index (χ3v) is 0.474. The third kappa shape index (κ3) is 2.43. The fourth-order valence-electron chi connectivity index (χ4n) is 0.239. The first-order valence-electron chi connectivity index (χ1n) is 1.72. The van der Waals surface area contributed by atoms with Gasteiger partial charge in [-0.05, 0) is 21.1 Å². The van der Waals surface area contributed by atoms with Gasteiger partial charge in [0.1, 0.15) is 0 Å². The van der Waals surface area contributed by atoms with Gasteiger partial charge < -0.3 is 0 Å². The predicted molar refractivity (Wildman–Crippen MR) is 30.1 cm³/mol. The van der Waals surface area contributed by atoms with Gasteiger partial charge >= 0.3 is 29.6 Å². The Morgan fingerprint density at radius 2 is 2.44 bits per heavy atom. The minimum absolute atomic E-state index is 0. The first-order chi connectivity index (χ1) is 3.93. The van der Waals surface area contributed by atoms with Gasteiger partial charge in [0.05, 0.1) is 0 Å². The van der Waals surface area contributed by atoms with Crippen LogP contribution in [0.5, 0.6) is 0 Å². The molecule has 1 aromatic rings. The summed E-state index contributed by atoms with van der Waals surface area (Å²) < 4.78 is 0. The summed E-state index contributed by atoms with van der Waals surface area (Å²) in [5.74, 6) is 0.0764. The van der Waals surface area contributed by atoms with Gasteiger partial charge in [0.2, 0.25) is 5.95 Å². The number of aromatic amines is 1. The molecule has 0 fully saturated rings. The van der Waals surface area contributed by atoms with E-state index in [1.165, 1.54) is 0 Å². The Morgan fingerprint density at radius 3 is 2.89 bits per heavy atom. The molecule has 0 aliphatic heterocycles. The van der Waals surface area contributed by atoms with Crippen LogP contribution in [0, 0.1) is 0 Å². The Hall–Kier alpha value is -0.620. The van der Waals surface area contributed by atoms with Crippen molar-refractivity contribution < 1.29 is 0 Å². The zero-order chi connectivity index (χ0) is 5.82.